The molecule has 272 valence electrons. The Kier molecular flexibility index (Phi) is 11.6. The fraction of sp³-hybridized carbons (Fsp3) is 0.0667. The van der Waals surface area contributed by atoms with Gasteiger partial charge in [-0.05, 0) is 54.6 Å². The summed E-state index contributed by atoms with van der Waals surface area (Å²) in [6.07, 6.45) is -2.72. The number of nitrogens with one attached hydrogen (secondary N) is 3. The quantitative estimate of drug-likeness (QED) is 0.264. The zero-order valence-electron chi connectivity index (χ0n) is 29.4. The van der Waals surface area contributed by atoms with Crippen LogP contribution in [0.1, 0.15) is 12.8 Å². The van der Waals surface area contributed by atoms with Crippen molar-refractivity contribution in [1.82, 2.24) is 0 Å². The lowest BCUT2D eigenvalue weighted by Gasteiger charge is -2.29. The Balaban J connectivity index is 0.000000125. The Morgan fingerprint density at radius 2 is 0.600 bits per heavy atom. The summed E-state index contributed by atoms with van der Waals surface area (Å²) in [5.41, 5.74) is 4.14. The predicted molar refractivity (Wildman–Crippen MR) is 203 cm³/mol. The molecule has 4 N–H and O–H groups in total. The summed E-state index contributed by atoms with van der Waals surface area (Å²) in [4.78, 5) is 40.2. The van der Waals surface area contributed by atoms with Crippen LogP contribution in [-0.4, -0.2) is 28.6 Å². The van der Waals surface area contributed by atoms with E-state index in [-0.39, 0.29) is 0 Å². The molecule has 55 heavy (non-hydrogen) atoms. The second-order valence-electron chi connectivity index (χ2n) is 12.7. The first kappa shape index (κ1) is 37.5. The van der Waals surface area contributed by atoms with Gasteiger partial charge in [-0.1, -0.05) is 72.8 Å². The molecule has 0 radical (unpaired) electrons. The Bertz CT molecular complexity index is 2210. The summed E-state index contributed by atoms with van der Waals surface area (Å²) in [6.45, 7) is 0. The highest BCUT2D eigenvalue weighted by molar-refractivity contribution is 5.90. The van der Waals surface area contributed by atoms with Gasteiger partial charge in [0.2, 0.25) is 33.1 Å². The molecule has 6 aromatic carbocycles. The van der Waals surface area contributed by atoms with Crippen LogP contribution >= 0.6 is 0 Å². The Labute approximate surface area is 314 Å². The molecular weight excluding hydrogens is 695 g/mol. The first-order chi connectivity index (χ1) is 26.6. The number of rotatable bonds is 5. The summed E-state index contributed by atoms with van der Waals surface area (Å²) in [5.74, 6) is -5.98. The number of H-pyrrole nitrogens is 3. The van der Waals surface area contributed by atoms with Crippen LogP contribution in [0.25, 0.3) is 65.4 Å². The monoisotopic (exact) mass is 729 g/mol. The highest BCUT2D eigenvalue weighted by Gasteiger charge is 2.29. The highest BCUT2D eigenvalue weighted by atomic mass is 16.4. The molecule has 0 saturated carbocycles. The number of aliphatic carboxylic acids is 3. The number of carbonyl (C=O) groups excluding carboxylic acids is 3. The number of para-hydroxylation sites is 6. The number of hydrogen-bond donors (Lipinski definition) is 1. The summed E-state index contributed by atoms with van der Waals surface area (Å²) in [7, 11) is 0. The van der Waals surface area contributed by atoms with Crippen LogP contribution in [0, 0.1) is 0 Å². The van der Waals surface area contributed by atoms with Gasteiger partial charge in [0.05, 0.1) is 5.97 Å². The topological polar surface area (TPSA) is 183 Å². The van der Waals surface area contributed by atoms with E-state index in [0.29, 0.717) is 0 Å². The molecule has 0 aliphatic heterocycles. The number of fused-ring (bicyclic) bond motifs is 6. The van der Waals surface area contributed by atoms with E-state index in [0.717, 1.165) is 0 Å². The summed E-state index contributed by atoms with van der Waals surface area (Å²) in [5, 5.41) is 46.5. The van der Waals surface area contributed by atoms with Crippen LogP contribution in [0.15, 0.2) is 164 Å². The van der Waals surface area contributed by atoms with E-state index in [4.69, 9.17) is 5.11 Å². The van der Waals surface area contributed by atoms with Crippen molar-refractivity contribution in [2.75, 3.05) is 0 Å². The third kappa shape index (κ3) is 9.58. The number of aliphatic hydroxyl groups is 1. The molecule has 0 amide bonds. The van der Waals surface area contributed by atoms with Crippen LogP contribution in [0.5, 0.6) is 0 Å². The third-order valence-corrected chi connectivity index (χ3v) is 8.76. The molecule has 0 aliphatic rings. The lowest BCUT2D eigenvalue weighted by atomic mass is 9.96. The maximum atomic E-state index is 10.1. The largest absolute Gasteiger partial charge is 0.550 e. The van der Waals surface area contributed by atoms with Crippen molar-refractivity contribution < 1.29 is 49.8 Å². The SMILES string of the molecule is O=C([O-])CC(O)(CC(=O)[O-])C(=O)[O-].c1ccc2[nH+]c3ccccc3cc2c1.c1ccc2[nH+]c3ccccc3cc2c1.c1ccc2[nH+]c3ccccc3cc2c1. The average Bonchev–Trinajstić information content (AvgIpc) is 3.18. The number of carbonyl (C=O) groups is 3. The molecule has 0 fully saturated rings. The second kappa shape index (κ2) is 17.0. The van der Waals surface area contributed by atoms with Crippen LogP contribution in [0.3, 0.4) is 0 Å². The lowest BCUT2D eigenvalue weighted by Crippen LogP contribution is -2.54. The summed E-state index contributed by atoms with van der Waals surface area (Å²) in [6, 6.07) is 56.6. The zero-order chi connectivity index (χ0) is 38.8. The number of pyridine rings is 3. The number of hydrogen-bond acceptors (Lipinski definition) is 7. The number of aromatic nitrogens is 3. The van der Waals surface area contributed by atoms with E-state index < -0.39 is 36.4 Å². The zero-order valence-corrected chi connectivity index (χ0v) is 29.4. The van der Waals surface area contributed by atoms with Crippen molar-refractivity contribution in [1.29, 1.82) is 0 Å². The molecular formula is C45H35N3O7. The van der Waals surface area contributed by atoms with Gasteiger partial charge in [-0.2, -0.15) is 0 Å². The standard InChI is InChI=1S/3C13H9N.C6H8O7/c3*1-3-7-12-10(5-1)9-11-6-2-4-8-13(11)14-12;7-3(8)1-6(13,5(11)12)2-4(9)10/h3*1-9H;13H,1-2H2,(H,7,8)(H,9,10)(H,11,12). The van der Waals surface area contributed by atoms with Crippen molar-refractivity contribution >= 4 is 83.3 Å². The van der Waals surface area contributed by atoms with Gasteiger partial charge in [0.1, 0.15) is 5.60 Å². The fourth-order valence-electron chi connectivity index (χ4n) is 6.04. The Morgan fingerprint density at radius 1 is 0.400 bits per heavy atom. The Morgan fingerprint density at radius 3 is 0.782 bits per heavy atom. The van der Waals surface area contributed by atoms with Gasteiger partial charge in [-0.3, -0.25) is 0 Å². The predicted octanol–water partition coefficient (Wildman–Crippen LogP) is 3.17. The van der Waals surface area contributed by atoms with Crippen molar-refractivity contribution in [2.45, 2.75) is 18.4 Å². The van der Waals surface area contributed by atoms with Crippen LogP contribution in [0.2, 0.25) is 0 Å². The van der Waals surface area contributed by atoms with E-state index in [1.807, 2.05) is 36.4 Å². The highest BCUT2D eigenvalue weighted by Crippen LogP contribution is 2.18. The maximum absolute atomic E-state index is 10.1. The lowest BCUT2D eigenvalue weighted by molar-refractivity contribution is -0.339. The molecule has 9 aromatic rings. The van der Waals surface area contributed by atoms with Crippen molar-refractivity contribution in [3.05, 3.63) is 164 Å². The van der Waals surface area contributed by atoms with E-state index in [1.54, 1.807) is 0 Å². The molecule has 3 aromatic heterocycles. The molecule has 0 bridgehead atoms. The van der Waals surface area contributed by atoms with Crippen molar-refractivity contribution in [3.63, 3.8) is 0 Å². The third-order valence-electron chi connectivity index (χ3n) is 8.76. The Hall–Kier alpha value is -7.30. The van der Waals surface area contributed by atoms with Gasteiger partial charge < -0.3 is 34.8 Å². The molecule has 0 saturated heterocycles. The molecule has 0 unspecified atom stereocenters. The normalized spacial score (nSPS) is 10.9. The van der Waals surface area contributed by atoms with Crippen LogP contribution in [-0.2, 0) is 14.4 Å². The van der Waals surface area contributed by atoms with E-state index in [9.17, 15) is 29.7 Å². The molecule has 9 rings (SSSR count). The molecule has 0 aliphatic carbocycles. The van der Waals surface area contributed by atoms with Gasteiger partial charge in [0.25, 0.3) is 0 Å². The first-order valence-electron chi connectivity index (χ1n) is 17.3. The smallest absolute Gasteiger partial charge is 0.211 e. The summed E-state index contributed by atoms with van der Waals surface area (Å²) >= 11 is 0. The molecule has 10 nitrogen and oxygen atoms in total. The van der Waals surface area contributed by atoms with Gasteiger partial charge in [0, 0.05) is 93.5 Å². The van der Waals surface area contributed by atoms with E-state index in [1.165, 1.54) is 65.4 Å². The fourth-order valence-corrected chi connectivity index (χ4v) is 6.04. The maximum Gasteiger partial charge on any atom is 0.211 e. The van der Waals surface area contributed by atoms with Crippen LogP contribution < -0.4 is 30.3 Å². The minimum absolute atomic E-state index is 1.19. The number of carboxylic acids is 3. The average molecular weight is 730 g/mol. The van der Waals surface area contributed by atoms with Gasteiger partial charge >= 0.3 is 0 Å². The first-order valence-corrected chi connectivity index (χ1v) is 17.3. The number of aromatic amines is 3. The second-order valence-corrected chi connectivity index (χ2v) is 12.7. The summed E-state index contributed by atoms with van der Waals surface area (Å²) < 4.78 is 0. The molecule has 10 heteroatoms. The number of carboxylic acid groups (broad SMARTS) is 3. The number of benzene rings is 6. The van der Waals surface area contributed by atoms with Gasteiger partial charge in [-0.15, -0.1) is 0 Å². The van der Waals surface area contributed by atoms with Crippen LogP contribution in [0.4, 0.5) is 0 Å². The molecule has 0 spiro atoms. The molecule has 3 heterocycles. The molecule has 0 atom stereocenters. The van der Waals surface area contributed by atoms with E-state index >= 15 is 0 Å². The van der Waals surface area contributed by atoms with Crippen molar-refractivity contribution in [3.8, 4) is 0 Å². The van der Waals surface area contributed by atoms with Crippen molar-refractivity contribution in [2.24, 2.45) is 0 Å². The van der Waals surface area contributed by atoms with E-state index in [2.05, 4.69) is 142 Å². The minimum atomic E-state index is -2.97. The minimum Gasteiger partial charge on any atom is -0.550 e. The van der Waals surface area contributed by atoms with Gasteiger partial charge in [0.15, 0.2) is 0 Å². The van der Waals surface area contributed by atoms with Gasteiger partial charge in [-0.25, -0.2) is 15.0 Å².